The number of benzene rings is 1. The first-order chi connectivity index (χ1) is 12.4. The molecule has 0 fully saturated rings. The summed E-state index contributed by atoms with van der Waals surface area (Å²) in [6.45, 7) is 6.77. The number of nitrogens with two attached hydrogens (primary N) is 2. The molecule has 0 saturated heterocycles. The van der Waals surface area contributed by atoms with Crippen molar-refractivity contribution in [1.82, 2.24) is 0 Å². The number of nitrogens with one attached hydrogen (secondary N) is 1. The molecule has 0 unspecified atom stereocenters. The van der Waals surface area contributed by atoms with E-state index in [2.05, 4.69) is 50.4 Å². The molecule has 5 N–H and O–H groups in total. The third-order valence-electron chi connectivity index (χ3n) is 4.36. The van der Waals surface area contributed by atoms with E-state index in [-0.39, 0.29) is 18.5 Å². The van der Waals surface area contributed by atoms with E-state index < -0.39 is 5.91 Å². The molecule has 0 aliphatic carbocycles. The SMILES string of the molecule is CCCc1ccc([C@H]([NH2+]CC(=O)Nc2sccc2C(N)=O)C(C)C)cc1. The number of rotatable bonds is 9. The lowest BCUT2D eigenvalue weighted by Gasteiger charge is -2.20. The Labute approximate surface area is 159 Å². The van der Waals surface area contributed by atoms with Gasteiger partial charge in [-0.25, -0.2) is 0 Å². The van der Waals surface area contributed by atoms with E-state index in [1.54, 1.807) is 11.4 Å². The fraction of sp³-hybridized carbons (Fsp3) is 0.400. The molecule has 0 saturated carbocycles. The highest BCUT2D eigenvalue weighted by Crippen LogP contribution is 2.22. The maximum Gasteiger partial charge on any atom is 0.280 e. The van der Waals surface area contributed by atoms with Crippen molar-refractivity contribution in [3.63, 3.8) is 0 Å². The fourth-order valence-electron chi connectivity index (χ4n) is 3.00. The zero-order chi connectivity index (χ0) is 19.1. The number of primary amides is 1. The quantitative estimate of drug-likeness (QED) is 0.630. The van der Waals surface area contributed by atoms with Gasteiger partial charge >= 0.3 is 0 Å². The molecule has 1 atom stereocenters. The van der Waals surface area contributed by atoms with Crippen molar-refractivity contribution in [1.29, 1.82) is 0 Å². The minimum absolute atomic E-state index is 0.136. The normalized spacial score (nSPS) is 12.2. The number of carbonyl (C=O) groups is 2. The number of quaternary nitrogens is 1. The van der Waals surface area contributed by atoms with Crippen molar-refractivity contribution in [3.8, 4) is 0 Å². The summed E-state index contributed by atoms with van der Waals surface area (Å²) in [7, 11) is 0. The van der Waals surface area contributed by atoms with Crippen LogP contribution in [-0.2, 0) is 11.2 Å². The first kappa shape index (κ1) is 20.1. The summed E-state index contributed by atoms with van der Waals surface area (Å²) < 4.78 is 0. The van der Waals surface area contributed by atoms with Gasteiger partial charge in [0.05, 0.1) is 5.56 Å². The van der Waals surface area contributed by atoms with Crippen molar-refractivity contribution in [2.24, 2.45) is 11.7 Å². The smallest absolute Gasteiger partial charge is 0.280 e. The number of anilines is 1. The number of thiophene rings is 1. The summed E-state index contributed by atoms with van der Waals surface area (Å²) in [6.07, 6.45) is 2.22. The zero-order valence-corrected chi connectivity index (χ0v) is 16.4. The Kier molecular flexibility index (Phi) is 7.36. The number of hydrogen-bond donors (Lipinski definition) is 3. The van der Waals surface area contributed by atoms with E-state index in [0.717, 1.165) is 12.8 Å². The van der Waals surface area contributed by atoms with Gasteiger partial charge < -0.3 is 16.4 Å². The molecule has 1 heterocycles. The Bertz CT molecular complexity index is 738. The van der Waals surface area contributed by atoms with Crippen molar-refractivity contribution in [3.05, 3.63) is 52.4 Å². The van der Waals surface area contributed by atoms with Crippen molar-refractivity contribution < 1.29 is 14.9 Å². The lowest BCUT2D eigenvalue weighted by Crippen LogP contribution is -2.88. The molecule has 1 aromatic carbocycles. The van der Waals surface area contributed by atoms with Crippen molar-refractivity contribution in [2.75, 3.05) is 11.9 Å². The molecular formula is C20H28N3O2S+. The molecule has 0 aliphatic rings. The molecule has 26 heavy (non-hydrogen) atoms. The van der Waals surface area contributed by atoms with Crippen LogP contribution in [0.2, 0.25) is 0 Å². The predicted octanol–water partition coefficient (Wildman–Crippen LogP) is 2.70. The van der Waals surface area contributed by atoms with Gasteiger partial charge in [0.2, 0.25) is 0 Å². The van der Waals surface area contributed by atoms with Gasteiger partial charge in [0.1, 0.15) is 11.0 Å². The van der Waals surface area contributed by atoms with Gasteiger partial charge in [-0.3, -0.25) is 9.59 Å². The number of amides is 2. The minimum Gasteiger partial charge on any atom is -0.366 e. The largest absolute Gasteiger partial charge is 0.366 e. The van der Waals surface area contributed by atoms with E-state index in [1.807, 2.05) is 5.32 Å². The monoisotopic (exact) mass is 374 g/mol. The Morgan fingerprint density at radius 3 is 2.46 bits per heavy atom. The van der Waals surface area contributed by atoms with Gasteiger partial charge in [-0.05, 0) is 23.4 Å². The molecule has 5 nitrogen and oxygen atoms in total. The Balaban J connectivity index is 1.98. The average Bonchev–Trinajstić information content (AvgIpc) is 3.04. The van der Waals surface area contributed by atoms with Crippen LogP contribution in [-0.4, -0.2) is 18.4 Å². The maximum atomic E-state index is 12.3. The summed E-state index contributed by atoms with van der Waals surface area (Å²) in [5, 5.41) is 7.10. The van der Waals surface area contributed by atoms with Crippen LogP contribution < -0.4 is 16.4 Å². The van der Waals surface area contributed by atoms with Gasteiger partial charge in [-0.15, -0.1) is 11.3 Å². The second kappa shape index (κ2) is 9.50. The molecule has 0 bridgehead atoms. The van der Waals surface area contributed by atoms with E-state index in [0.29, 0.717) is 16.5 Å². The topological polar surface area (TPSA) is 88.8 Å². The van der Waals surface area contributed by atoms with E-state index in [1.165, 1.54) is 22.5 Å². The summed E-state index contributed by atoms with van der Waals surface area (Å²) in [5.74, 6) is -0.274. The third kappa shape index (κ3) is 5.41. The molecule has 140 valence electrons. The highest BCUT2D eigenvalue weighted by Gasteiger charge is 2.21. The molecule has 2 aromatic rings. The molecule has 2 rings (SSSR count). The van der Waals surface area contributed by atoms with E-state index in [4.69, 9.17) is 5.73 Å². The number of hydrogen-bond acceptors (Lipinski definition) is 3. The van der Waals surface area contributed by atoms with Crippen molar-refractivity contribution >= 4 is 28.2 Å². The molecule has 0 aliphatic heterocycles. The minimum atomic E-state index is -0.530. The molecule has 0 radical (unpaired) electrons. The van der Waals surface area contributed by atoms with Gasteiger partial charge in [-0.2, -0.15) is 0 Å². The second-order valence-corrected chi connectivity index (χ2v) is 7.69. The first-order valence-electron chi connectivity index (χ1n) is 9.01. The number of carbonyl (C=O) groups excluding carboxylic acids is 2. The standard InChI is InChI=1S/C20H27N3O2S/c1-4-5-14-6-8-15(9-7-14)18(13(2)3)22-12-17(24)23-20-16(19(21)25)10-11-26-20/h6-11,13,18,22H,4-5,12H2,1-3H3,(H2,21,25)(H,23,24)/p+1/t18-/m1/s1. The zero-order valence-electron chi connectivity index (χ0n) is 15.6. The Morgan fingerprint density at radius 1 is 1.19 bits per heavy atom. The van der Waals surface area contributed by atoms with Gasteiger partial charge in [-0.1, -0.05) is 51.5 Å². The lowest BCUT2D eigenvalue weighted by atomic mass is 9.94. The van der Waals surface area contributed by atoms with Crippen molar-refractivity contribution in [2.45, 2.75) is 39.7 Å². The maximum absolute atomic E-state index is 12.3. The predicted molar refractivity (Wildman–Crippen MR) is 106 cm³/mol. The highest BCUT2D eigenvalue weighted by atomic mass is 32.1. The van der Waals surface area contributed by atoms with Crippen LogP contribution in [0.25, 0.3) is 0 Å². The molecule has 1 aromatic heterocycles. The Morgan fingerprint density at radius 2 is 1.88 bits per heavy atom. The Hall–Kier alpha value is -2.18. The van der Waals surface area contributed by atoms with E-state index in [9.17, 15) is 9.59 Å². The van der Waals surface area contributed by atoms with Gasteiger partial charge in [0.15, 0.2) is 6.54 Å². The van der Waals surface area contributed by atoms with Crippen LogP contribution in [0.5, 0.6) is 0 Å². The van der Waals surface area contributed by atoms with Crippen LogP contribution in [0.3, 0.4) is 0 Å². The van der Waals surface area contributed by atoms with Gasteiger partial charge in [0, 0.05) is 11.5 Å². The van der Waals surface area contributed by atoms with Gasteiger partial charge in [0.25, 0.3) is 11.8 Å². The summed E-state index contributed by atoms with van der Waals surface area (Å²) in [6, 6.07) is 10.5. The summed E-state index contributed by atoms with van der Waals surface area (Å²) >= 11 is 1.30. The summed E-state index contributed by atoms with van der Waals surface area (Å²) in [5.41, 5.74) is 8.24. The lowest BCUT2D eigenvalue weighted by molar-refractivity contribution is -0.692. The molecule has 0 spiro atoms. The van der Waals surface area contributed by atoms with Crippen LogP contribution in [0.1, 0.15) is 54.7 Å². The third-order valence-corrected chi connectivity index (χ3v) is 5.19. The second-order valence-electron chi connectivity index (χ2n) is 6.78. The average molecular weight is 375 g/mol. The number of aryl methyl sites for hydroxylation is 1. The molecule has 6 heteroatoms. The van der Waals surface area contributed by atoms with E-state index >= 15 is 0 Å². The molecule has 2 amide bonds. The van der Waals surface area contributed by atoms with Crippen LogP contribution in [0.4, 0.5) is 5.00 Å². The first-order valence-corrected chi connectivity index (χ1v) is 9.89. The van der Waals surface area contributed by atoms with Crippen LogP contribution in [0, 0.1) is 5.92 Å². The fourth-order valence-corrected chi connectivity index (χ4v) is 3.81. The van der Waals surface area contributed by atoms with Crippen LogP contribution in [0.15, 0.2) is 35.7 Å². The molecular weight excluding hydrogens is 346 g/mol. The summed E-state index contributed by atoms with van der Waals surface area (Å²) in [4.78, 5) is 23.6. The van der Waals surface area contributed by atoms with Crippen LogP contribution >= 0.6 is 11.3 Å². The highest BCUT2D eigenvalue weighted by molar-refractivity contribution is 7.14.